The Hall–Kier alpha value is -2.38. The Balaban J connectivity index is 1.63. The van der Waals surface area contributed by atoms with E-state index in [-0.39, 0.29) is 0 Å². The van der Waals surface area contributed by atoms with E-state index in [1.54, 1.807) is 6.26 Å². The summed E-state index contributed by atoms with van der Waals surface area (Å²) in [6, 6.07) is 13.6. The minimum atomic E-state index is 0.595. The molecule has 0 bridgehead atoms. The van der Waals surface area contributed by atoms with E-state index in [0.717, 1.165) is 30.4 Å². The van der Waals surface area contributed by atoms with Crippen LogP contribution in [0.5, 0.6) is 5.75 Å². The molecule has 2 aromatic heterocycles. The summed E-state index contributed by atoms with van der Waals surface area (Å²) in [5.41, 5.74) is 0. The van der Waals surface area contributed by atoms with Gasteiger partial charge in [-0.25, -0.2) is 4.68 Å². The SMILES string of the molecule is CCn1c(-c2ccco2)nn(CN(C)CCOc2ccccc2)c1=S. The second kappa shape index (κ2) is 8.13. The summed E-state index contributed by atoms with van der Waals surface area (Å²) in [6.07, 6.45) is 1.64. The van der Waals surface area contributed by atoms with Gasteiger partial charge in [0.1, 0.15) is 12.4 Å². The van der Waals surface area contributed by atoms with Crippen LogP contribution in [0.15, 0.2) is 53.1 Å². The average molecular weight is 358 g/mol. The Morgan fingerprint density at radius 1 is 1.20 bits per heavy atom. The van der Waals surface area contributed by atoms with Gasteiger partial charge in [0.05, 0.1) is 12.9 Å². The topological polar surface area (TPSA) is 48.4 Å². The van der Waals surface area contributed by atoms with Gasteiger partial charge in [0.15, 0.2) is 16.4 Å². The molecule has 7 heteroatoms. The zero-order valence-electron chi connectivity index (χ0n) is 14.5. The van der Waals surface area contributed by atoms with Crippen LogP contribution in [0, 0.1) is 4.77 Å². The molecule has 25 heavy (non-hydrogen) atoms. The normalized spacial score (nSPS) is 11.2. The van der Waals surface area contributed by atoms with Crippen LogP contribution in [0.2, 0.25) is 0 Å². The third kappa shape index (κ3) is 4.18. The number of likely N-dealkylation sites (N-methyl/N-ethyl adjacent to an activating group) is 1. The third-order valence-electron chi connectivity index (χ3n) is 3.84. The third-order valence-corrected chi connectivity index (χ3v) is 4.27. The van der Waals surface area contributed by atoms with Crippen molar-refractivity contribution in [3.8, 4) is 17.3 Å². The highest BCUT2D eigenvalue weighted by molar-refractivity contribution is 7.71. The van der Waals surface area contributed by atoms with Gasteiger partial charge < -0.3 is 9.15 Å². The van der Waals surface area contributed by atoms with Crippen LogP contribution >= 0.6 is 12.2 Å². The second-order valence-electron chi connectivity index (χ2n) is 5.71. The molecular weight excluding hydrogens is 336 g/mol. The van der Waals surface area contributed by atoms with E-state index in [2.05, 4.69) is 10.00 Å². The fraction of sp³-hybridized carbons (Fsp3) is 0.333. The van der Waals surface area contributed by atoms with E-state index in [9.17, 15) is 0 Å². The lowest BCUT2D eigenvalue weighted by Gasteiger charge is -2.16. The Morgan fingerprint density at radius 2 is 2.00 bits per heavy atom. The fourth-order valence-corrected chi connectivity index (χ4v) is 2.86. The molecule has 3 aromatic rings. The molecule has 2 heterocycles. The molecule has 0 spiro atoms. The number of hydrogen-bond donors (Lipinski definition) is 0. The molecule has 0 aliphatic rings. The smallest absolute Gasteiger partial charge is 0.199 e. The van der Waals surface area contributed by atoms with Crippen molar-refractivity contribution in [1.29, 1.82) is 0 Å². The standard InChI is InChI=1S/C18H22N4O2S/c1-3-21-17(16-10-7-12-24-16)19-22(18(21)25)14-20(2)11-13-23-15-8-5-4-6-9-15/h4-10,12H,3,11,13-14H2,1-2H3. The van der Waals surface area contributed by atoms with Gasteiger partial charge in [0, 0.05) is 13.1 Å². The number of rotatable bonds is 8. The summed E-state index contributed by atoms with van der Waals surface area (Å²) in [6.45, 7) is 4.76. The molecule has 3 rings (SSSR count). The quantitative estimate of drug-likeness (QED) is 0.575. The van der Waals surface area contributed by atoms with Crippen LogP contribution in [-0.4, -0.2) is 39.4 Å². The number of para-hydroxylation sites is 1. The number of hydrogen-bond acceptors (Lipinski definition) is 5. The zero-order valence-corrected chi connectivity index (χ0v) is 15.3. The Kier molecular flexibility index (Phi) is 5.67. The van der Waals surface area contributed by atoms with Gasteiger partial charge in [-0.15, -0.1) is 5.10 Å². The van der Waals surface area contributed by atoms with Gasteiger partial charge in [-0.2, -0.15) is 0 Å². The lowest BCUT2D eigenvalue weighted by atomic mass is 10.3. The van der Waals surface area contributed by atoms with Crippen LogP contribution < -0.4 is 4.74 Å². The van der Waals surface area contributed by atoms with E-state index in [1.165, 1.54) is 0 Å². The van der Waals surface area contributed by atoms with Crippen molar-refractivity contribution in [3.05, 3.63) is 53.5 Å². The first-order chi connectivity index (χ1) is 12.2. The molecule has 0 saturated heterocycles. The molecule has 6 nitrogen and oxygen atoms in total. The highest BCUT2D eigenvalue weighted by Gasteiger charge is 2.14. The largest absolute Gasteiger partial charge is 0.492 e. The summed E-state index contributed by atoms with van der Waals surface area (Å²) >= 11 is 5.56. The fourth-order valence-electron chi connectivity index (χ4n) is 2.54. The van der Waals surface area contributed by atoms with Gasteiger partial charge in [0.2, 0.25) is 0 Å². The van der Waals surface area contributed by atoms with Gasteiger partial charge >= 0.3 is 0 Å². The molecule has 0 amide bonds. The van der Waals surface area contributed by atoms with E-state index in [0.29, 0.717) is 18.0 Å². The van der Waals surface area contributed by atoms with Gasteiger partial charge in [-0.05, 0) is 50.5 Å². The van der Waals surface area contributed by atoms with Gasteiger partial charge in [0.25, 0.3) is 0 Å². The summed E-state index contributed by atoms with van der Waals surface area (Å²) in [7, 11) is 2.02. The Bertz CT molecular complexity index is 840. The van der Waals surface area contributed by atoms with Crippen molar-refractivity contribution >= 4 is 12.2 Å². The predicted octanol–water partition coefficient (Wildman–Crippen LogP) is 3.66. The number of benzene rings is 1. The van der Waals surface area contributed by atoms with Crippen LogP contribution in [-0.2, 0) is 13.2 Å². The average Bonchev–Trinajstić information content (AvgIpc) is 3.24. The van der Waals surface area contributed by atoms with Gasteiger partial charge in [-0.1, -0.05) is 18.2 Å². The minimum Gasteiger partial charge on any atom is -0.492 e. The number of furan rings is 1. The monoisotopic (exact) mass is 358 g/mol. The van der Waals surface area contributed by atoms with Crippen molar-refractivity contribution in [3.63, 3.8) is 0 Å². The lowest BCUT2D eigenvalue weighted by molar-refractivity contribution is 0.197. The molecule has 0 aliphatic heterocycles. The van der Waals surface area contributed by atoms with E-state index < -0.39 is 0 Å². The molecule has 0 aliphatic carbocycles. The highest BCUT2D eigenvalue weighted by atomic mass is 32.1. The van der Waals surface area contributed by atoms with Crippen molar-refractivity contribution in [1.82, 2.24) is 19.2 Å². The van der Waals surface area contributed by atoms with Crippen molar-refractivity contribution in [2.45, 2.75) is 20.1 Å². The zero-order chi connectivity index (χ0) is 17.6. The summed E-state index contributed by atoms with van der Waals surface area (Å²) in [4.78, 5) is 2.12. The molecule has 0 N–H and O–H groups in total. The summed E-state index contributed by atoms with van der Waals surface area (Å²) in [5, 5.41) is 4.63. The van der Waals surface area contributed by atoms with Crippen molar-refractivity contribution in [2.24, 2.45) is 0 Å². The van der Waals surface area contributed by atoms with E-state index in [1.807, 2.05) is 65.7 Å². The number of aromatic nitrogens is 3. The molecule has 0 saturated carbocycles. The highest BCUT2D eigenvalue weighted by Crippen LogP contribution is 2.19. The second-order valence-corrected chi connectivity index (χ2v) is 6.08. The molecule has 0 fully saturated rings. The van der Waals surface area contributed by atoms with E-state index in [4.69, 9.17) is 21.4 Å². The van der Waals surface area contributed by atoms with Crippen LogP contribution in [0.1, 0.15) is 6.92 Å². The maximum atomic E-state index is 5.74. The summed E-state index contributed by atoms with van der Waals surface area (Å²) in [5.74, 6) is 2.36. The molecular formula is C18H22N4O2S. The van der Waals surface area contributed by atoms with Crippen molar-refractivity contribution < 1.29 is 9.15 Å². The minimum absolute atomic E-state index is 0.595. The maximum absolute atomic E-state index is 5.74. The summed E-state index contributed by atoms with van der Waals surface area (Å²) < 4.78 is 15.7. The van der Waals surface area contributed by atoms with Crippen LogP contribution in [0.4, 0.5) is 0 Å². The predicted molar refractivity (Wildman–Crippen MR) is 99.0 cm³/mol. The lowest BCUT2D eigenvalue weighted by Crippen LogP contribution is -2.27. The van der Waals surface area contributed by atoms with Crippen LogP contribution in [0.25, 0.3) is 11.6 Å². The van der Waals surface area contributed by atoms with Gasteiger partial charge in [-0.3, -0.25) is 9.47 Å². The number of ether oxygens (including phenoxy) is 1. The first-order valence-electron chi connectivity index (χ1n) is 8.27. The first-order valence-corrected chi connectivity index (χ1v) is 8.67. The molecule has 1 aromatic carbocycles. The van der Waals surface area contributed by atoms with Crippen molar-refractivity contribution in [2.75, 3.05) is 20.2 Å². The Morgan fingerprint density at radius 3 is 2.68 bits per heavy atom. The molecule has 132 valence electrons. The van der Waals surface area contributed by atoms with Crippen LogP contribution in [0.3, 0.4) is 0 Å². The Labute approximate surface area is 152 Å². The molecule has 0 radical (unpaired) electrons. The van der Waals surface area contributed by atoms with E-state index >= 15 is 0 Å². The number of nitrogens with zero attached hydrogens (tertiary/aromatic N) is 4. The maximum Gasteiger partial charge on any atom is 0.199 e. The molecule has 0 atom stereocenters. The first kappa shape index (κ1) is 17.4. The molecule has 0 unspecified atom stereocenters.